The molecule has 2 aromatic carbocycles. The summed E-state index contributed by atoms with van der Waals surface area (Å²) in [5.74, 6) is 3.16. The molecule has 0 amide bonds. The lowest BCUT2D eigenvalue weighted by Crippen LogP contribution is -2.22. The van der Waals surface area contributed by atoms with Crippen molar-refractivity contribution in [1.82, 2.24) is 0 Å². The van der Waals surface area contributed by atoms with E-state index in [2.05, 4.69) is 61.8 Å². The van der Waals surface area contributed by atoms with Crippen LogP contribution in [0.1, 0.15) is 38.8 Å². The molecule has 0 aliphatic rings. The van der Waals surface area contributed by atoms with Gasteiger partial charge in [-0.25, -0.2) is 0 Å². The number of hydrogen-bond donors (Lipinski definition) is 0. The van der Waals surface area contributed by atoms with E-state index in [-0.39, 0.29) is 0 Å². The fraction of sp³-hybridized carbons (Fsp3) is 0.520. The zero-order valence-corrected chi connectivity index (χ0v) is 20.4. The number of anilines is 2. The highest BCUT2D eigenvalue weighted by Crippen LogP contribution is 2.41. The average Bonchev–Trinajstić information content (AvgIpc) is 2.81. The summed E-state index contributed by atoms with van der Waals surface area (Å²) < 4.78 is 23.1. The molecule has 2 aromatic rings. The van der Waals surface area contributed by atoms with Gasteiger partial charge in [0, 0.05) is 79.4 Å². The quantitative estimate of drug-likeness (QED) is 0.472. The largest absolute Gasteiger partial charge is 0.496 e. The van der Waals surface area contributed by atoms with Gasteiger partial charge >= 0.3 is 0 Å². The predicted octanol–water partition coefficient (Wildman–Crippen LogP) is 5.00. The van der Waals surface area contributed by atoms with E-state index in [1.165, 1.54) is 0 Å². The van der Waals surface area contributed by atoms with Gasteiger partial charge in [-0.3, -0.25) is 0 Å². The molecule has 6 nitrogen and oxygen atoms in total. The van der Waals surface area contributed by atoms with Gasteiger partial charge in [-0.1, -0.05) is 0 Å². The van der Waals surface area contributed by atoms with Crippen molar-refractivity contribution in [2.75, 3.05) is 64.4 Å². The summed E-state index contributed by atoms with van der Waals surface area (Å²) >= 11 is 0. The van der Waals surface area contributed by atoms with Crippen LogP contribution in [0.25, 0.3) is 0 Å². The summed E-state index contributed by atoms with van der Waals surface area (Å²) in [5.41, 5.74) is 4.10. The molecule has 0 heterocycles. The van der Waals surface area contributed by atoms with Crippen molar-refractivity contribution >= 4 is 11.4 Å². The number of nitrogens with zero attached hydrogens (tertiary/aromatic N) is 2. The van der Waals surface area contributed by atoms with Crippen molar-refractivity contribution < 1.29 is 18.9 Å². The van der Waals surface area contributed by atoms with E-state index in [0.717, 1.165) is 71.7 Å². The minimum Gasteiger partial charge on any atom is -0.496 e. The molecule has 0 saturated heterocycles. The Hall–Kier alpha value is -2.76. The predicted molar refractivity (Wildman–Crippen MR) is 129 cm³/mol. The van der Waals surface area contributed by atoms with Gasteiger partial charge in [0.05, 0.1) is 28.4 Å². The summed E-state index contributed by atoms with van der Waals surface area (Å²) in [6, 6.07) is 8.31. The van der Waals surface area contributed by atoms with Crippen molar-refractivity contribution in [2.24, 2.45) is 0 Å². The van der Waals surface area contributed by atoms with E-state index in [9.17, 15) is 0 Å². The van der Waals surface area contributed by atoms with E-state index in [0.29, 0.717) is 6.42 Å². The summed E-state index contributed by atoms with van der Waals surface area (Å²) in [5, 5.41) is 0. The molecule has 0 aliphatic carbocycles. The van der Waals surface area contributed by atoms with Crippen molar-refractivity contribution in [2.45, 2.75) is 34.1 Å². The molecule has 0 bridgehead atoms. The van der Waals surface area contributed by atoms with Crippen LogP contribution in [-0.2, 0) is 6.42 Å². The molecule has 0 radical (unpaired) electrons. The third kappa shape index (κ3) is 5.30. The molecule has 6 heteroatoms. The van der Waals surface area contributed by atoms with Gasteiger partial charge in [-0.05, 0) is 27.7 Å². The van der Waals surface area contributed by atoms with Crippen molar-refractivity contribution in [3.63, 3.8) is 0 Å². The Balaban J connectivity index is 2.61. The van der Waals surface area contributed by atoms with Crippen molar-refractivity contribution in [1.29, 1.82) is 0 Å². The maximum absolute atomic E-state index is 5.79. The Morgan fingerprint density at radius 1 is 0.516 bits per heavy atom. The zero-order chi connectivity index (χ0) is 23.0. The Labute approximate surface area is 187 Å². The van der Waals surface area contributed by atoms with Crippen molar-refractivity contribution in [3.8, 4) is 23.0 Å². The Bertz CT molecular complexity index is 726. The summed E-state index contributed by atoms with van der Waals surface area (Å²) in [6.45, 7) is 12.2. The first kappa shape index (κ1) is 24.5. The van der Waals surface area contributed by atoms with Gasteiger partial charge < -0.3 is 28.7 Å². The molecule has 2 rings (SSSR count). The van der Waals surface area contributed by atoms with Gasteiger partial charge in [0.25, 0.3) is 0 Å². The third-order valence-electron chi connectivity index (χ3n) is 5.80. The first-order valence-electron chi connectivity index (χ1n) is 11.0. The van der Waals surface area contributed by atoms with Gasteiger partial charge in [0.2, 0.25) is 0 Å². The minimum absolute atomic E-state index is 0.565. The Morgan fingerprint density at radius 3 is 0.968 bits per heavy atom. The number of benzene rings is 2. The second kappa shape index (κ2) is 11.6. The van der Waals surface area contributed by atoms with Crippen LogP contribution >= 0.6 is 0 Å². The molecule has 0 N–H and O–H groups in total. The van der Waals surface area contributed by atoms with Crippen molar-refractivity contribution in [3.05, 3.63) is 35.4 Å². The molecule has 0 saturated carbocycles. The summed E-state index contributed by atoms with van der Waals surface area (Å²) in [7, 11) is 6.79. The standard InChI is InChI=1S/C25H38N2O4/c1-9-26(10-2)18-13-22(28-5)20(23(14-18)29-6)17-21-24(30-7)15-19(16-25(21)31-8)27(11-3)12-4/h13-16H,9-12,17H2,1-8H3. The van der Waals surface area contributed by atoms with Gasteiger partial charge in [0.1, 0.15) is 23.0 Å². The maximum Gasteiger partial charge on any atom is 0.128 e. The molecule has 172 valence electrons. The fourth-order valence-electron chi connectivity index (χ4n) is 4.01. The molecule has 0 unspecified atom stereocenters. The summed E-state index contributed by atoms with van der Waals surface area (Å²) in [4.78, 5) is 4.55. The van der Waals surface area contributed by atoms with E-state index in [1.807, 2.05) is 0 Å². The van der Waals surface area contributed by atoms with Crippen LogP contribution in [0.15, 0.2) is 24.3 Å². The Morgan fingerprint density at radius 2 is 0.774 bits per heavy atom. The average molecular weight is 431 g/mol. The molecule has 0 atom stereocenters. The van der Waals surface area contributed by atoms with E-state index in [4.69, 9.17) is 18.9 Å². The number of rotatable bonds is 12. The van der Waals surface area contributed by atoms with Crippen LogP contribution < -0.4 is 28.7 Å². The second-order valence-corrected chi connectivity index (χ2v) is 7.18. The van der Waals surface area contributed by atoms with E-state index < -0.39 is 0 Å². The van der Waals surface area contributed by atoms with Crippen LogP contribution in [0, 0.1) is 0 Å². The highest BCUT2D eigenvalue weighted by Gasteiger charge is 2.21. The van der Waals surface area contributed by atoms with E-state index in [1.54, 1.807) is 28.4 Å². The third-order valence-corrected chi connectivity index (χ3v) is 5.80. The molecule has 0 spiro atoms. The monoisotopic (exact) mass is 430 g/mol. The highest BCUT2D eigenvalue weighted by atomic mass is 16.5. The molecule has 0 aliphatic heterocycles. The number of ether oxygens (including phenoxy) is 4. The molecule has 0 aromatic heterocycles. The van der Waals surface area contributed by atoms with Crippen LogP contribution in [0.2, 0.25) is 0 Å². The van der Waals surface area contributed by atoms with Gasteiger partial charge in [0.15, 0.2) is 0 Å². The summed E-state index contributed by atoms with van der Waals surface area (Å²) in [6.07, 6.45) is 0.565. The SMILES string of the molecule is CCN(CC)c1cc(OC)c(Cc2c(OC)cc(N(CC)CC)cc2OC)c(OC)c1. The topological polar surface area (TPSA) is 43.4 Å². The number of methoxy groups -OCH3 is 4. The van der Waals surface area contributed by atoms with E-state index >= 15 is 0 Å². The smallest absolute Gasteiger partial charge is 0.128 e. The van der Waals surface area contributed by atoms with Crippen LogP contribution in [0.3, 0.4) is 0 Å². The van der Waals surface area contributed by atoms with Crippen LogP contribution in [0.4, 0.5) is 11.4 Å². The lowest BCUT2D eigenvalue weighted by atomic mass is 9.99. The highest BCUT2D eigenvalue weighted by molar-refractivity contribution is 5.65. The van der Waals surface area contributed by atoms with Gasteiger partial charge in [-0.2, -0.15) is 0 Å². The Kier molecular flexibility index (Phi) is 9.16. The molecule has 0 fully saturated rings. The first-order chi connectivity index (χ1) is 15.0. The van der Waals surface area contributed by atoms with Gasteiger partial charge in [-0.15, -0.1) is 0 Å². The maximum atomic E-state index is 5.79. The zero-order valence-electron chi connectivity index (χ0n) is 20.4. The molecular weight excluding hydrogens is 392 g/mol. The normalized spacial score (nSPS) is 10.6. The lowest BCUT2D eigenvalue weighted by Gasteiger charge is -2.26. The second-order valence-electron chi connectivity index (χ2n) is 7.18. The lowest BCUT2D eigenvalue weighted by molar-refractivity contribution is 0.378. The van der Waals surface area contributed by atoms with Crippen LogP contribution in [-0.4, -0.2) is 54.6 Å². The van der Waals surface area contributed by atoms with Crippen LogP contribution in [0.5, 0.6) is 23.0 Å². The number of hydrogen-bond acceptors (Lipinski definition) is 6. The fourth-order valence-corrected chi connectivity index (χ4v) is 4.01. The minimum atomic E-state index is 0.565. The molecular formula is C25H38N2O4. The molecule has 31 heavy (non-hydrogen) atoms. The first-order valence-corrected chi connectivity index (χ1v) is 11.0.